The molecule has 4 nitrogen and oxygen atoms in total. The van der Waals surface area contributed by atoms with E-state index in [1.54, 1.807) is 17.1 Å². The molecule has 2 heterocycles. The first-order valence-corrected chi connectivity index (χ1v) is 4.85. The first-order valence-electron chi connectivity index (χ1n) is 4.44. The van der Waals surface area contributed by atoms with Crippen LogP contribution >= 0.6 is 12.2 Å². The molecular weight excluding hydrogens is 208 g/mol. The molecule has 0 aliphatic rings. The largest absolute Gasteiger partial charge is 0.389 e. The zero-order chi connectivity index (χ0) is 10.8. The van der Waals surface area contributed by atoms with Gasteiger partial charge in [-0.05, 0) is 19.1 Å². The minimum Gasteiger partial charge on any atom is -0.389 e. The third-order valence-corrected chi connectivity index (χ3v) is 2.25. The van der Waals surface area contributed by atoms with Crippen LogP contribution in [0, 0.1) is 6.92 Å². The van der Waals surface area contributed by atoms with Crippen LogP contribution in [-0.4, -0.2) is 19.5 Å². The van der Waals surface area contributed by atoms with Gasteiger partial charge in [-0.2, -0.15) is 0 Å². The van der Waals surface area contributed by atoms with E-state index in [2.05, 4.69) is 9.97 Å². The van der Waals surface area contributed by atoms with E-state index < -0.39 is 0 Å². The van der Waals surface area contributed by atoms with Gasteiger partial charge in [0, 0.05) is 18.1 Å². The van der Waals surface area contributed by atoms with Crippen LogP contribution in [0.5, 0.6) is 0 Å². The Labute approximate surface area is 92.8 Å². The smallest absolute Gasteiger partial charge is 0.148 e. The van der Waals surface area contributed by atoms with E-state index in [1.807, 2.05) is 25.3 Å². The van der Waals surface area contributed by atoms with Crippen LogP contribution in [0.3, 0.4) is 0 Å². The standard InChI is InChI=1S/C10H10N4S/c1-7-2-3-8(9(11)15)10(13-7)14-5-4-12-6-14/h2-6H,1H3,(H2,11,15). The molecule has 0 aromatic carbocycles. The predicted octanol–water partition coefficient (Wildman–Crippen LogP) is 1.21. The number of hydrogen-bond donors (Lipinski definition) is 1. The van der Waals surface area contributed by atoms with Crippen molar-refractivity contribution >= 4 is 17.2 Å². The Bertz CT molecular complexity index is 490. The fraction of sp³-hybridized carbons (Fsp3) is 0.100. The first-order chi connectivity index (χ1) is 7.18. The summed E-state index contributed by atoms with van der Waals surface area (Å²) in [7, 11) is 0. The van der Waals surface area contributed by atoms with E-state index in [9.17, 15) is 0 Å². The monoisotopic (exact) mass is 218 g/mol. The van der Waals surface area contributed by atoms with Gasteiger partial charge in [0.1, 0.15) is 17.1 Å². The normalized spacial score (nSPS) is 10.2. The molecule has 0 radical (unpaired) electrons. The molecule has 0 unspecified atom stereocenters. The summed E-state index contributed by atoms with van der Waals surface area (Å²) in [5.74, 6) is 0.722. The van der Waals surface area contributed by atoms with Crippen LogP contribution in [-0.2, 0) is 0 Å². The lowest BCUT2D eigenvalue weighted by Crippen LogP contribution is -2.14. The molecule has 0 aliphatic heterocycles. The summed E-state index contributed by atoms with van der Waals surface area (Å²) in [5.41, 5.74) is 7.30. The van der Waals surface area contributed by atoms with Gasteiger partial charge in [0.05, 0.1) is 5.56 Å². The fourth-order valence-corrected chi connectivity index (χ4v) is 1.48. The van der Waals surface area contributed by atoms with E-state index in [4.69, 9.17) is 18.0 Å². The quantitative estimate of drug-likeness (QED) is 0.770. The number of nitrogens with zero attached hydrogens (tertiary/aromatic N) is 3. The summed E-state index contributed by atoms with van der Waals surface area (Å²) >= 11 is 4.97. The van der Waals surface area contributed by atoms with Crippen molar-refractivity contribution in [1.29, 1.82) is 0 Å². The Morgan fingerprint density at radius 3 is 2.87 bits per heavy atom. The van der Waals surface area contributed by atoms with Crippen molar-refractivity contribution in [3.8, 4) is 5.82 Å². The van der Waals surface area contributed by atoms with Crippen molar-refractivity contribution in [3.63, 3.8) is 0 Å². The molecule has 0 amide bonds. The number of aryl methyl sites for hydroxylation is 1. The number of aromatic nitrogens is 3. The molecule has 0 saturated heterocycles. The summed E-state index contributed by atoms with van der Waals surface area (Å²) < 4.78 is 1.79. The molecule has 0 bridgehead atoms. The Balaban J connectivity index is 2.63. The Morgan fingerprint density at radius 2 is 2.27 bits per heavy atom. The molecule has 5 heteroatoms. The number of nitrogens with two attached hydrogens (primary N) is 1. The van der Waals surface area contributed by atoms with Gasteiger partial charge in [-0.15, -0.1) is 0 Å². The van der Waals surface area contributed by atoms with Crippen molar-refractivity contribution in [2.75, 3.05) is 0 Å². The van der Waals surface area contributed by atoms with Gasteiger partial charge in [0.2, 0.25) is 0 Å². The molecule has 2 rings (SSSR count). The maximum Gasteiger partial charge on any atom is 0.148 e. The molecule has 0 atom stereocenters. The van der Waals surface area contributed by atoms with Crippen LogP contribution < -0.4 is 5.73 Å². The van der Waals surface area contributed by atoms with E-state index in [1.165, 1.54) is 0 Å². The number of imidazole rings is 1. The summed E-state index contributed by atoms with van der Waals surface area (Å²) in [6.07, 6.45) is 5.17. The molecule has 0 fully saturated rings. The first kappa shape index (κ1) is 9.79. The number of pyridine rings is 1. The maximum absolute atomic E-state index is 5.63. The van der Waals surface area contributed by atoms with Gasteiger partial charge < -0.3 is 5.73 Å². The average Bonchev–Trinajstić information content (AvgIpc) is 2.69. The van der Waals surface area contributed by atoms with Crippen LogP contribution in [0.4, 0.5) is 0 Å². The lowest BCUT2D eigenvalue weighted by molar-refractivity contribution is 0.971. The fourth-order valence-electron chi connectivity index (χ4n) is 1.32. The lowest BCUT2D eigenvalue weighted by atomic mass is 10.2. The molecular formula is C10H10N4S. The van der Waals surface area contributed by atoms with E-state index >= 15 is 0 Å². The molecule has 2 N–H and O–H groups in total. The summed E-state index contributed by atoms with van der Waals surface area (Å²) in [5, 5.41) is 0. The highest BCUT2D eigenvalue weighted by Gasteiger charge is 2.08. The Kier molecular flexibility index (Phi) is 2.47. The van der Waals surface area contributed by atoms with Crippen molar-refractivity contribution in [2.45, 2.75) is 6.92 Å². The summed E-state index contributed by atoms with van der Waals surface area (Å²) in [6.45, 7) is 1.92. The molecule has 2 aromatic rings. The highest BCUT2D eigenvalue weighted by atomic mass is 32.1. The molecule has 0 saturated carbocycles. The zero-order valence-electron chi connectivity index (χ0n) is 8.21. The third kappa shape index (κ3) is 1.87. The molecule has 0 spiro atoms. The maximum atomic E-state index is 5.63. The van der Waals surface area contributed by atoms with Crippen LogP contribution in [0.2, 0.25) is 0 Å². The van der Waals surface area contributed by atoms with E-state index in [-0.39, 0.29) is 0 Å². The topological polar surface area (TPSA) is 56.7 Å². The van der Waals surface area contributed by atoms with Gasteiger partial charge in [0.15, 0.2) is 0 Å². The highest BCUT2D eigenvalue weighted by Crippen LogP contribution is 2.12. The van der Waals surface area contributed by atoms with Crippen molar-refractivity contribution in [1.82, 2.24) is 14.5 Å². The van der Waals surface area contributed by atoms with Gasteiger partial charge in [-0.25, -0.2) is 9.97 Å². The van der Waals surface area contributed by atoms with Crippen LogP contribution in [0.1, 0.15) is 11.3 Å². The van der Waals surface area contributed by atoms with Crippen LogP contribution in [0.25, 0.3) is 5.82 Å². The number of hydrogen-bond acceptors (Lipinski definition) is 3. The molecule has 76 valence electrons. The minimum absolute atomic E-state index is 0.339. The molecule has 0 aliphatic carbocycles. The second-order valence-electron chi connectivity index (χ2n) is 3.16. The Morgan fingerprint density at radius 1 is 1.47 bits per heavy atom. The lowest BCUT2D eigenvalue weighted by Gasteiger charge is -2.08. The van der Waals surface area contributed by atoms with Gasteiger partial charge in [-0.1, -0.05) is 12.2 Å². The van der Waals surface area contributed by atoms with E-state index in [0.29, 0.717) is 4.99 Å². The SMILES string of the molecule is Cc1ccc(C(N)=S)c(-n2ccnc2)n1. The van der Waals surface area contributed by atoms with Crippen molar-refractivity contribution < 1.29 is 0 Å². The zero-order valence-corrected chi connectivity index (χ0v) is 9.03. The van der Waals surface area contributed by atoms with Crippen molar-refractivity contribution in [2.24, 2.45) is 5.73 Å². The Hall–Kier alpha value is -1.75. The van der Waals surface area contributed by atoms with Gasteiger partial charge in [-0.3, -0.25) is 4.57 Å². The molecule has 15 heavy (non-hydrogen) atoms. The summed E-state index contributed by atoms with van der Waals surface area (Å²) in [6, 6.07) is 3.76. The van der Waals surface area contributed by atoms with Crippen LogP contribution in [0.15, 0.2) is 30.9 Å². The van der Waals surface area contributed by atoms with Gasteiger partial charge in [0.25, 0.3) is 0 Å². The van der Waals surface area contributed by atoms with Gasteiger partial charge >= 0.3 is 0 Å². The number of rotatable bonds is 2. The van der Waals surface area contributed by atoms with E-state index in [0.717, 1.165) is 17.1 Å². The minimum atomic E-state index is 0.339. The average molecular weight is 218 g/mol. The second kappa shape index (κ2) is 3.78. The predicted molar refractivity (Wildman–Crippen MR) is 62.0 cm³/mol. The molecule has 2 aromatic heterocycles. The summed E-state index contributed by atoms with van der Waals surface area (Å²) in [4.78, 5) is 8.70. The third-order valence-electron chi connectivity index (χ3n) is 2.03. The van der Waals surface area contributed by atoms with Crippen molar-refractivity contribution in [3.05, 3.63) is 42.1 Å². The number of thiocarbonyl (C=S) groups is 1. The highest BCUT2D eigenvalue weighted by molar-refractivity contribution is 7.80. The second-order valence-corrected chi connectivity index (χ2v) is 3.60.